The van der Waals surface area contributed by atoms with Crippen LogP contribution in [0.2, 0.25) is 0 Å². The van der Waals surface area contributed by atoms with Crippen LogP contribution in [0.15, 0.2) is 0 Å². The largest absolute Gasteiger partial charge is 0.314 e. The molecule has 0 aromatic heterocycles. The van der Waals surface area contributed by atoms with Crippen LogP contribution >= 0.6 is 0 Å². The maximum absolute atomic E-state index is 3.90. The van der Waals surface area contributed by atoms with Gasteiger partial charge in [-0.2, -0.15) is 0 Å². The fraction of sp³-hybridized carbons (Fsp3) is 1.00. The van der Waals surface area contributed by atoms with E-state index in [1.54, 1.807) is 0 Å². The monoisotopic (exact) mass is 294 g/mol. The van der Waals surface area contributed by atoms with Gasteiger partial charge in [-0.25, -0.2) is 0 Å². The Morgan fingerprint density at radius 1 is 0.952 bits per heavy atom. The fourth-order valence-electron chi connectivity index (χ4n) is 4.21. The van der Waals surface area contributed by atoms with Gasteiger partial charge in [0.1, 0.15) is 0 Å². The molecule has 0 radical (unpaired) electrons. The maximum Gasteiger partial charge on any atom is 0.00673 e. The smallest absolute Gasteiger partial charge is 0.00673 e. The van der Waals surface area contributed by atoms with Crippen molar-refractivity contribution in [3.8, 4) is 0 Å². The first-order chi connectivity index (χ1) is 10.0. The topological polar surface area (TPSA) is 15.3 Å². The first-order valence-electron chi connectivity index (χ1n) is 9.51. The lowest BCUT2D eigenvalue weighted by atomic mass is 9.69. The highest BCUT2D eigenvalue weighted by Crippen LogP contribution is 2.40. The second-order valence-electron chi connectivity index (χ2n) is 8.18. The Bertz CT molecular complexity index is 284. The van der Waals surface area contributed by atoms with Gasteiger partial charge in [0, 0.05) is 6.04 Å². The molecule has 2 aliphatic rings. The molecule has 0 aromatic carbocycles. The number of nitrogens with one attached hydrogen (secondary N) is 1. The summed E-state index contributed by atoms with van der Waals surface area (Å²) >= 11 is 0. The highest BCUT2D eigenvalue weighted by molar-refractivity contribution is 4.85. The molecule has 0 amide bonds. The number of hydrogen-bond acceptors (Lipinski definition) is 2. The summed E-state index contributed by atoms with van der Waals surface area (Å²) in [7, 11) is 0. The molecule has 1 aliphatic carbocycles. The number of piperidine rings is 1. The van der Waals surface area contributed by atoms with Crippen molar-refractivity contribution in [2.75, 3.05) is 26.2 Å². The summed E-state index contributed by atoms with van der Waals surface area (Å²) in [6.07, 6.45) is 9.81. The average molecular weight is 295 g/mol. The first-order valence-corrected chi connectivity index (χ1v) is 9.51. The number of likely N-dealkylation sites (tertiary alicyclic amines) is 1. The van der Waals surface area contributed by atoms with Crippen molar-refractivity contribution in [3.05, 3.63) is 0 Å². The molecule has 1 saturated heterocycles. The summed E-state index contributed by atoms with van der Waals surface area (Å²) in [6, 6.07) is 0.804. The van der Waals surface area contributed by atoms with E-state index in [4.69, 9.17) is 0 Å². The third-order valence-electron chi connectivity index (χ3n) is 6.59. The first kappa shape index (κ1) is 17.3. The summed E-state index contributed by atoms with van der Waals surface area (Å²) in [5, 5.41) is 3.90. The van der Waals surface area contributed by atoms with Crippen LogP contribution < -0.4 is 5.32 Å². The predicted molar refractivity (Wildman–Crippen MR) is 92.7 cm³/mol. The molecule has 1 heterocycles. The molecule has 1 aliphatic heterocycles. The fourth-order valence-corrected chi connectivity index (χ4v) is 4.21. The highest BCUT2D eigenvalue weighted by Gasteiger charge is 2.31. The van der Waals surface area contributed by atoms with Gasteiger partial charge >= 0.3 is 0 Å². The van der Waals surface area contributed by atoms with Gasteiger partial charge in [0.25, 0.3) is 0 Å². The molecule has 21 heavy (non-hydrogen) atoms. The minimum Gasteiger partial charge on any atom is -0.314 e. The number of rotatable bonds is 6. The Labute approximate surface area is 133 Å². The standard InChI is InChI=1S/C19H38N2/c1-5-19(3,4)17-7-9-18(10-8-17)20-15-16-11-13-21(6-2)14-12-16/h16-18,20H,5-15H2,1-4H3. The van der Waals surface area contributed by atoms with E-state index in [0.29, 0.717) is 5.41 Å². The summed E-state index contributed by atoms with van der Waals surface area (Å²) in [4.78, 5) is 2.59. The van der Waals surface area contributed by atoms with Crippen LogP contribution in [0.3, 0.4) is 0 Å². The van der Waals surface area contributed by atoms with Crippen molar-refractivity contribution in [2.24, 2.45) is 17.3 Å². The van der Waals surface area contributed by atoms with E-state index in [-0.39, 0.29) is 0 Å². The number of hydrogen-bond donors (Lipinski definition) is 1. The lowest BCUT2D eigenvalue weighted by molar-refractivity contribution is 0.132. The lowest BCUT2D eigenvalue weighted by Crippen LogP contribution is -2.42. The van der Waals surface area contributed by atoms with Crippen LogP contribution in [0.1, 0.15) is 72.6 Å². The van der Waals surface area contributed by atoms with Crippen LogP contribution in [-0.2, 0) is 0 Å². The van der Waals surface area contributed by atoms with Crippen molar-refractivity contribution in [1.29, 1.82) is 0 Å². The van der Waals surface area contributed by atoms with Gasteiger partial charge in [-0.1, -0.05) is 34.1 Å². The molecule has 0 spiro atoms. The summed E-state index contributed by atoms with van der Waals surface area (Å²) < 4.78 is 0. The molecule has 2 heteroatoms. The normalized spacial score (nSPS) is 29.7. The maximum atomic E-state index is 3.90. The molecular weight excluding hydrogens is 256 g/mol. The van der Waals surface area contributed by atoms with E-state index in [2.05, 4.69) is 37.9 Å². The number of nitrogens with zero attached hydrogens (tertiary/aromatic N) is 1. The molecular formula is C19H38N2. The average Bonchev–Trinajstić information content (AvgIpc) is 2.54. The summed E-state index contributed by atoms with van der Waals surface area (Å²) in [5.41, 5.74) is 0.554. The van der Waals surface area contributed by atoms with Crippen molar-refractivity contribution in [3.63, 3.8) is 0 Å². The molecule has 2 rings (SSSR count). The van der Waals surface area contributed by atoms with Gasteiger partial charge < -0.3 is 10.2 Å². The van der Waals surface area contributed by atoms with Crippen LogP contribution in [0, 0.1) is 17.3 Å². The molecule has 2 fully saturated rings. The molecule has 0 aromatic rings. The minimum absolute atomic E-state index is 0.554. The zero-order valence-corrected chi connectivity index (χ0v) is 15.0. The van der Waals surface area contributed by atoms with Crippen LogP contribution in [-0.4, -0.2) is 37.1 Å². The van der Waals surface area contributed by atoms with Crippen molar-refractivity contribution >= 4 is 0 Å². The van der Waals surface area contributed by atoms with E-state index >= 15 is 0 Å². The van der Waals surface area contributed by atoms with Crippen molar-refractivity contribution in [1.82, 2.24) is 10.2 Å². The molecule has 1 saturated carbocycles. The van der Waals surface area contributed by atoms with Gasteiger partial charge in [0.05, 0.1) is 0 Å². The second kappa shape index (κ2) is 7.97. The van der Waals surface area contributed by atoms with E-state index in [1.165, 1.54) is 71.1 Å². The van der Waals surface area contributed by atoms with E-state index in [0.717, 1.165) is 17.9 Å². The van der Waals surface area contributed by atoms with Crippen molar-refractivity contribution < 1.29 is 0 Å². The van der Waals surface area contributed by atoms with Gasteiger partial charge in [0.2, 0.25) is 0 Å². The Morgan fingerprint density at radius 3 is 2.10 bits per heavy atom. The Balaban J connectivity index is 1.63. The SMILES string of the molecule is CCN1CCC(CNC2CCC(C(C)(C)CC)CC2)CC1. The molecule has 124 valence electrons. The van der Waals surface area contributed by atoms with Crippen LogP contribution in [0.25, 0.3) is 0 Å². The Morgan fingerprint density at radius 2 is 1.57 bits per heavy atom. The predicted octanol–water partition coefficient (Wildman–Crippen LogP) is 4.30. The van der Waals surface area contributed by atoms with E-state index in [9.17, 15) is 0 Å². The molecule has 0 atom stereocenters. The second-order valence-corrected chi connectivity index (χ2v) is 8.18. The summed E-state index contributed by atoms with van der Waals surface area (Å²) in [6.45, 7) is 14.7. The third kappa shape index (κ3) is 4.96. The van der Waals surface area contributed by atoms with E-state index in [1.807, 2.05) is 0 Å². The molecule has 0 bridgehead atoms. The van der Waals surface area contributed by atoms with Gasteiger partial charge in [-0.15, -0.1) is 0 Å². The highest BCUT2D eigenvalue weighted by atomic mass is 15.1. The van der Waals surface area contributed by atoms with Crippen LogP contribution in [0.5, 0.6) is 0 Å². The van der Waals surface area contributed by atoms with E-state index < -0.39 is 0 Å². The lowest BCUT2D eigenvalue weighted by Gasteiger charge is -2.39. The Hall–Kier alpha value is -0.0800. The molecule has 0 unspecified atom stereocenters. The van der Waals surface area contributed by atoms with Gasteiger partial charge in [0.15, 0.2) is 0 Å². The zero-order valence-electron chi connectivity index (χ0n) is 15.0. The third-order valence-corrected chi connectivity index (χ3v) is 6.59. The molecule has 2 nitrogen and oxygen atoms in total. The summed E-state index contributed by atoms with van der Waals surface area (Å²) in [5.74, 6) is 1.88. The minimum atomic E-state index is 0.554. The van der Waals surface area contributed by atoms with Crippen LogP contribution in [0.4, 0.5) is 0 Å². The quantitative estimate of drug-likeness (QED) is 0.785. The zero-order chi connectivity index (χ0) is 15.3. The van der Waals surface area contributed by atoms with Gasteiger partial charge in [-0.05, 0) is 82.0 Å². The Kier molecular flexibility index (Phi) is 6.55. The van der Waals surface area contributed by atoms with Crippen molar-refractivity contribution in [2.45, 2.75) is 78.7 Å². The van der Waals surface area contributed by atoms with Gasteiger partial charge in [-0.3, -0.25) is 0 Å². The molecule has 1 N–H and O–H groups in total.